The standard InChI is InChI=1S/C14H18N2O3S/c17-12-9-10(14(19-12)4-1-2-5-14)13(18)16-6-3-11-15-7-8-20-11/h7-8,10H,1-6,9H2,(H,16,18)/t10-/m1/s1. The van der Waals surface area contributed by atoms with Gasteiger partial charge in [-0.3, -0.25) is 9.59 Å². The second-order valence-electron chi connectivity index (χ2n) is 5.47. The minimum Gasteiger partial charge on any atom is -0.458 e. The third-order valence-corrected chi connectivity index (χ3v) is 5.05. The van der Waals surface area contributed by atoms with Gasteiger partial charge >= 0.3 is 5.97 Å². The van der Waals surface area contributed by atoms with Gasteiger partial charge in [0.25, 0.3) is 0 Å². The Hall–Kier alpha value is -1.43. The van der Waals surface area contributed by atoms with Crippen molar-refractivity contribution in [2.75, 3.05) is 6.54 Å². The first-order valence-electron chi connectivity index (χ1n) is 7.07. The molecule has 3 rings (SSSR count). The van der Waals surface area contributed by atoms with Gasteiger partial charge < -0.3 is 10.1 Å². The SMILES string of the molecule is O=C1C[C@H](C(=O)NCCc2nccs2)C2(CCCC2)O1. The van der Waals surface area contributed by atoms with Crippen LogP contribution in [0.4, 0.5) is 0 Å². The van der Waals surface area contributed by atoms with E-state index in [1.54, 1.807) is 17.5 Å². The number of hydrogen-bond acceptors (Lipinski definition) is 5. The maximum absolute atomic E-state index is 12.3. The van der Waals surface area contributed by atoms with E-state index in [4.69, 9.17) is 4.74 Å². The van der Waals surface area contributed by atoms with E-state index in [0.29, 0.717) is 6.54 Å². The van der Waals surface area contributed by atoms with Gasteiger partial charge in [0.05, 0.1) is 17.3 Å². The summed E-state index contributed by atoms with van der Waals surface area (Å²) in [5, 5.41) is 5.87. The van der Waals surface area contributed by atoms with Gasteiger partial charge in [-0.25, -0.2) is 4.98 Å². The van der Waals surface area contributed by atoms with Gasteiger partial charge in [-0.1, -0.05) is 0 Å². The molecule has 1 spiro atoms. The first-order chi connectivity index (χ1) is 9.70. The van der Waals surface area contributed by atoms with Gasteiger partial charge in [-0.15, -0.1) is 11.3 Å². The first kappa shape index (κ1) is 13.5. The lowest BCUT2D eigenvalue weighted by molar-refractivity contribution is -0.149. The number of carbonyl (C=O) groups excluding carboxylic acids is 2. The number of esters is 1. The molecule has 0 unspecified atom stereocenters. The van der Waals surface area contributed by atoms with Crippen molar-refractivity contribution in [1.82, 2.24) is 10.3 Å². The molecule has 1 N–H and O–H groups in total. The number of amides is 1. The van der Waals surface area contributed by atoms with Crippen molar-refractivity contribution in [1.29, 1.82) is 0 Å². The molecule has 108 valence electrons. The van der Waals surface area contributed by atoms with E-state index < -0.39 is 5.60 Å². The number of ether oxygens (including phenoxy) is 1. The number of rotatable bonds is 4. The lowest BCUT2D eigenvalue weighted by atomic mass is 9.85. The van der Waals surface area contributed by atoms with Crippen LogP contribution in [-0.4, -0.2) is 29.0 Å². The molecule has 1 amide bonds. The number of aromatic nitrogens is 1. The van der Waals surface area contributed by atoms with Crippen molar-refractivity contribution in [3.05, 3.63) is 16.6 Å². The molecule has 1 saturated carbocycles. The van der Waals surface area contributed by atoms with Crippen molar-refractivity contribution in [3.63, 3.8) is 0 Å². The molecule has 1 aromatic rings. The number of nitrogens with one attached hydrogen (secondary N) is 1. The molecule has 1 aliphatic carbocycles. The summed E-state index contributed by atoms with van der Waals surface area (Å²) in [6.07, 6.45) is 6.44. The summed E-state index contributed by atoms with van der Waals surface area (Å²) in [7, 11) is 0. The van der Waals surface area contributed by atoms with E-state index in [0.717, 1.165) is 37.1 Å². The Morgan fingerprint density at radius 2 is 2.30 bits per heavy atom. The van der Waals surface area contributed by atoms with Crippen molar-refractivity contribution in [2.24, 2.45) is 5.92 Å². The predicted molar refractivity (Wildman–Crippen MR) is 74.2 cm³/mol. The highest BCUT2D eigenvalue weighted by atomic mass is 32.1. The van der Waals surface area contributed by atoms with Crippen molar-refractivity contribution in [2.45, 2.75) is 44.1 Å². The summed E-state index contributed by atoms with van der Waals surface area (Å²) < 4.78 is 5.49. The molecular weight excluding hydrogens is 276 g/mol. The van der Waals surface area contributed by atoms with Crippen molar-refractivity contribution < 1.29 is 14.3 Å². The molecule has 0 radical (unpaired) electrons. The van der Waals surface area contributed by atoms with Crippen LogP contribution in [0.2, 0.25) is 0 Å². The summed E-state index contributed by atoms with van der Waals surface area (Å²) in [4.78, 5) is 28.1. The van der Waals surface area contributed by atoms with Crippen molar-refractivity contribution in [3.8, 4) is 0 Å². The minimum atomic E-state index is -0.512. The van der Waals surface area contributed by atoms with Crippen LogP contribution in [0.5, 0.6) is 0 Å². The normalized spacial score (nSPS) is 24.0. The fourth-order valence-corrected chi connectivity index (χ4v) is 3.86. The van der Waals surface area contributed by atoms with Crippen LogP contribution >= 0.6 is 11.3 Å². The molecule has 6 heteroatoms. The molecule has 1 aromatic heterocycles. The zero-order valence-electron chi connectivity index (χ0n) is 11.3. The van der Waals surface area contributed by atoms with Gasteiger partial charge in [0.1, 0.15) is 5.60 Å². The van der Waals surface area contributed by atoms with Gasteiger partial charge in [0, 0.05) is 24.5 Å². The van der Waals surface area contributed by atoms with E-state index in [2.05, 4.69) is 10.3 Å². The Labute approximate surface area is 121 Å². The Morgan fingerprint density at radius 3 is 3.00 bits per heavy atom. The Kier molecular flexibility index (Phi) is 3.74. The second-order valence-corrected chi connectivity index (χ2v) is 6.45. The average molecular weight is 294 g/mol. The van der Waals surface area contributed by atoms with Gasteiger partial charge in [0.2, 0.25) is 5.91 Å². The molecule has 5 nitrogen and oxygen atoms in total. The fourth-order valence-electron chi connectivity index (χ4n) is 3.24. The molecule has 20 heavy (non-hydrogen) atoms. The average Bonchev–Trinajstić information content (AvgIpc) is 3.12. The second kappa shape index (κ2) is 5.52. The third kappa shape index (κ3) is 2.57. The highest BCUT2D eigenvalue weighted by molar-refractivity contribution is 7.09. The summed E-state index contributed by atoms with van der Waals surface area (Å²) in [5.74, 6) is -0.588. The molecule has 0 bridgehead atoms. The quantitative estimate of drug-likeness (QED) is 0.858. The van der Waals surface area contributed by atoms with Crippen LogP contribution in [-0.2, 0) is 20.7 Å². The van der Waals surface area contributed by atoms with E-state index in [1.807, 2.05) is 5.38 Å². The number of hydrogen-bond donors (Lipinski definition) is 1. The lowest BCUT2D eigenvalue weighted by Crippen LogP contribution is -2.43. The lowest BCUT2D eigenvalue weighted by Gasteiger charge is -2.27. The van der Waals surface area contributed by atoms with E-state index in [-0.39, 0.29) is 24.2 Å². The summed E-state index contributed by atoms with van der Waals surface area (Å²) in [6, 6.07) is 0. The minimum absolute atomic E-state index is 0.0469. The Bertz CT molecular complexity index is 495. The molecule has 2 fully saturated rings. The molecule has 2 heterocycles. The third-order valence-electron chi connectivity index (χ3n) is 4.21. The molecule has 1 aliphatic heterocycles. The highest BCUT2D eigenvalue weighted by Crippen LogP contribution is 2.45. The zero-order valence-corrected chi connectivity index (χ0v) is 12.1. The molecule has 1 saturated heterocycles. The molecular formula is C14H18N2O3S. The topological polar surface area (TPSA) is 68.3 Å². The van der Waals surface area contributed by atoms with Crippen LogP contribution in [0.3, 0.4) is 0 Å². The van der Waals surface area contributed by atoms with E-state index >= 15 is 0 Å². The summed E-state index contributed by atoms with van der Waals surface area (Å²) in [5.41, 5.74) is -0.512. The number of carbonyl (C=O) groups is 2. The van der Waals surface area contributed by atoms with Crippen LogP contribution in [0, 0.1) is 5.92 Å². The van der Waals surface area contributed by atoms with Crippen LogP contribution in [0.1, 0.15) is 37.1 Å². The van der Waals surface area contributed by atoms with E-state index in [1.165, 1.54) is 0 Å². The Morgan fingerprint density at radius 1 is 1.50 bits per heavy atom. The number of nitrogens with zero attached hydrogens (tertiary/aromatic N) is 1. The summed E-state index contributed by atoms with van der Waals surface area (Å²) >= 11 is 1.58. The maximum atomic E-state index is 12.3. The molecule has 0 aromatic carbocycles. The van der Waals surface area contributed by atoms with Crippen LogP contribution in [0.15, 0.2) is 11.6 Å². The van der Waals surface area contributed by atoms with Gasteiger partial charge in [-0.05, 0) is 25.7 Å². The first-order valence-corrected chi connectivity index (χ1v) is 7.95. The Balaban J connectivity index is 1.57. The monoisotopic (exact) mass is 294 g/mol. The van der Waals surface area contributed by atoms with Crippen molar-refractivity contribution >= 4 is 23.2 Å². The van der Waals surface area contributed by atoms with Crippen LogP contribution in [0.25, 0.3) is 0 Å². The predicted octanol–water partition coefficient (Wildman–Crippen LogP) is 1.68. The molecule has 1 atom stereocenters. The maximum Gasteiger partial charge on any atom is 0.307 e. The van der Waals surface area contributed by atoms with Gasteiger partial charge in [-0.2, -0.15) is 0 Å². The number of thiazole rings is 1. The zero-order chi connectivity index (χ0) is 14.0. The smallest absolute Gasteiger partial charge is 0.307 e. The highest BCUT2D eigenvalue weighted by Gasteiger charge is 2.53. The fraction of sp³-hybridized carbons (Fsp3) is 0.643. The van der Waals surface area contributed by atoms with Crippen LogP contribution < -0.4 is 5.32 Å². The van der Waals surface area contributed by atoms with Gasteiger partial charge in [0.15, 0.2) is 0 Å². The largest absolute Gasteiger partial charge is 0.458 e. The molecule has 2 aliphatic rings. The van der Waals surface area contributed by atoms with E-state index in [9.17, 15) is 9.59 Å². The summed E-state index contributed by atoms with van der Waals surface area (Å²) in [6.45, 7) is 0.563.